The van der Waals surface area contributed by atoms with Crippen LogP contribution in [0.25, 0.3) is 0 Å². The molecule has 0 aliphatic carbocycles. The van der Waals surface area contributed by atoms with Crippen LogP contribution >= 0.6 is 0 Å². The first kappa shape index (κ1) is 95.5. The summed E-state index contributed by atoms with van der Waals surface area (Å²) in [6.45, 7) is 17.2. The molecule has 43 nitrogen and oxygen atoms in total. The molecule has 12 saturated heterocycles. The number of hydrogen-bond acceptors (Lipinski definition) is 39. The molecule has 0 aromatic heterocycles. The normalized spacial score (nSPS) is 32.6. The van der Waals surface area contributed by atoms with E-state index in [4.69, 9.17) is 136 Å². The van der Waals surface area contributed by atoms with Crippen LogP contribution in [0.3, 0.4) is 0 Å². The van der Waals surface area contributed by atoms with Gasteiger partial charge in [0.25, 0.3) is 0 Å². The molecule has 24 atom stereocenters. The first-order valence-electron chi connectivity index (χ1n) is 35.6. The van der Waals surface area contributed by atoms with Gasteiger partial charge in [0.1, 0.15) is 103 Å². The molecule has 43 heteroatoms. The van der Waals surface area contributed by atoms with Crippen LogP contribution in [0.4, 0.5) is 0 Å². The average Bonchev–Trinajstić information content (AvgIpc) is 1.71. The number of carbonyl (C=O) groups is 12. The maximum absolute atomic E-state index is 11.7. The lowest BCUT2D eigenvalue weighted by Crippen LogP contribution is -2.35. The van der Waals surface area contributed by atoms with E-state index >= 15 is 0 Å². The number of fused-ring (bicyclic) bond motifs is 6. The van der Waals surface area contributed by atoms with E-state index < -0.39 is 200 Å². The molecule has 0 aromatic carbocycles. The van der Waals surface area contributed by atoms with Crippen LogP contribution in [0, 0.1) is 5.92 Å². The Hall–Kier alpha value is -10.4. The van der Waals surface area contributed by atoms with Gasteiger partial charge in [0.2, 0.25) is 0 Å². The molecule has 12 aliphatic heterocycles. The Balaban J connectivity index is 0.000000219. The minimum Gasteiger partial charge on any atom is -0.513 e. The Morgan fingerprint density at radius 3 is 0.726 bits per heavy atom. The van der Waals surface area contributed by atoms with E-state index in [0.29, 0.717) is 31.3 Å². The van der Waals surface area contributed by atoms with Crippen LogP contribution in [0.2, 0.25) is 0 Å². The molecule has 648 valence electrons. The van der Waals surface area contributed by atoms with Gasteiger partial charge in [-0.2, -0.15) is 0 Å². The molecular formula is C74H94O43. The minimum atomic E-state index is -1.27. The number of aliphatic hydroxyl groups excluding tert-OH is 7. The summed E-state index contributed by atoms with van der Waals surface area (Å²) < 4.78 is 105. The Morgan fingerprint density at radius 1 is 0.274 bits per heavy atom. The lowest BCUT2D eigenvalue weighted by atomic mass is 10.0. The maximum atomic E-state index is 11.7. The predicted molar refractivity (Wildman–Crippen MR) is 381 cm³/mol. The Kier molecular flexibility index (Phi) is 38.0. The van der Waals surface area contributed by atoms with Crippen molar-refractivity contribution in [3.05, 3.63) is 122 Å². The smallest absolute Gasteiger partial charge is 0.331 e. The highest BCUT2D eigenvalue weighted by Crippen LogP contribution is 2.36. The second-order valence-corrected chi connectivity index (χ2v) is 26.6. The van der Waals surface area contributed by atoms with Crippen molar-refractivity contribution < 1.29 is 208 Å². The van der Waals surface area contributed by atoms with Crippen molar-refractivity contribution in [3.63, 3.8) is 0 Å². The van der Waals surface area contributed by atoms with E-state index in [1.54, 1.807) is 0 Å². The highest BCUT2D eigenvalue weighted by molar-refractivity contribution is 5.92. The summed E-state index contributed by atoms with van der Waals surface area (Å²) >= 11 is 0. The third-order valence-electron chi connectivity index (χ3n) is 17.8. The lowest BCUT2D eigenvalue weighted by molar-refractivity contribution is -0.156. The van der Waals surface area contributed by atoms with Crippen molar-refractivity contribution in [2.75, 3.05) is 79.3 Å². The number of allylic oxidation sites excluding steroid dienone is 4. The fraction of sp³-hybridized carbons (Fsp3) is 0.568. The Labute approximate surface area is 665 Å². The van der Waals surface area contributed by atoms with Gasteiger partial charge in [-0.3, -0.25) is 14.4 Å². The maximum Gasteiger partial charge on any atom is 0.331 e. The first-order chi connectivity index (χ1) is 55.0. The first-order valence-corrected chi connectivity index (χ1v) is 35.6. The zero-order valence-corrected chi connectivity index (χ0v) is 61.9. The van der Waals surface area contributed by atoms with Gasteiger partial charge in [-0.25, -0.2) is 43.2 Å². The number of esters is 8. The van der Waals surface area contributed by atoms with E-state index in [9.17, 15) is 72.9 Å². The van der Waals surface area contributed by atoms with Crippen molar-refractivity contribution in [2.45, 2.75) is 180 Å². The van der Waals surface area contributed by atoms with E-state index in [-0.39, 0.29) is 134 Å². The fourth-order valence-electron chi connectivity index (χ4n) is 12.6. The topological polar surface area (TPSA) is 612 Å². The summed E-state index contributed by atoms with van der Waals surface area (Å²) in [5.41, 5.74) is 0. The summed E-state index contributed by atoms with van der Waals surface area (Å²) in [7, 11) is 0. The van der Waals surface area contributed by atoms with Crippen LogP contribution in [0.5, 0.6) is 0 Å². The summed E-state index contributed by atoms with van der Waals surface area (Å²) in [6, 6.07) is 0. The van der Waals surface area contributed by atoms with Crippen molar-refractivity contribution in [1.29, 1.82) is 0 Å². The number of aliphatic hydroxyl groups is 7. The van der Waals surface area contributed by atoms with E-state index in [1.165, 1.54) is 0 Å². The van der Waals surface area contributed by atoms with Crippen molar-refractivity contribution in [1.82, 2.24) is 0 Å². The van der Waals surface area contributed by atoms with Crippen molar-refractivity contribution >= 4 is 71.6 Å². The highest BCUT2D eigenvalue weighted by atomic mass is 16.7. The SMILES string of the molecule is C.C=C(O)/C=C\C(=O)O[C@@H]1CO[C@H]2[C@@H]1OC[C@H]2O.C=C(O)/C=C\C(=O)O[C@@H]1CO[C@H]2[C@@H]1OC[C@H]2O.C=C(O)/C=C\C(=O)O[C@@H]1CO[C@H]2[C@@H]1OC[C@H]2OC(=O)/C=C/C(=O)O.C=C(O)CCC(=O)O[C@@H]1CO[C@H]2[C@@H]1OC[C@H]2OC(=O)/C=C/C(=O)O.C[C@@H]1CO[C@H]2[C@@H]1OC[C@H]2OC(=O)/C=C/C(=O)O.O=C(O)CCC(=O)O[C@@H]1CO[C@H]2[C@@H]1OC[C@H]2O. The van der Waals surface area contributed by atoms with Crippen molar-refractivity contribution in [2.24, 2.45) is 5.92 Å². The third kappa shape index (κ3) is 30.3. The van der Waals surface area contributed by atoms with Crippen LogP contribution in [0.1, 0.15) is 40.0 Å². The molecule has 11 N–H and O–H groups in total. The highest BCUT2D eigenvalue weighted by Gasteiger charge is 2.55. The molecule has 0 amide bonds. The Bertz CT molecular complexity index is 3490. The fourth-order valence-corrected chi connectivity index (χ4v) is 12.6. The van der Waals surface area contributed by atoms with Gasteiger partial charge in [-0.1, -0.05) is 40.7 Å². The van der Waals surface area contributed by atoms with Crippen LogP contribution in [-0.4, -0.2) is 347 Å². The number of ether oxygens (including phenoxy) is 20. The number of rotatable bonds is 26. The molecule has 0 saturated carbocycles. The Morgan fingerprint density at radius 2 is 0.479 bits per heavy atom. The number of carboxylic acids is 4. The molecule has 0 unspecified atom stereocenters. The van der Waals surface area contributed by atoms with Crippen LogP contribution in [-0.2, 0) is 152 Å². The van der Waals surface area contributed by atoms with Gasteiger partial charge in [-0.05, 0) is 18.2 Å². The largest absolute Gasteiger partial charge is 0.513 e. The zero-order chi connectivity index (χ0) is 85.0. The predicted octanol–water partition coefficient (Wildman–Crippen LogP) is -1.12. The van der Waals surface area contributed by atoms with Gasteiger partial charge < -0.3 is 151 Å². The van der Waals surface area contributed by atoms with Gasteiger partial charge in [0.15, 0.2) is 48.8 Å². The number of carboxylic acid groups (broad SMARTS) is 4. The van der Waals surface area contributed by atoms with E-state index in [1.807, 2.05) is 6.92 Å². The molecular weight excluding hydrogens is 1580 g/mol. The average molecular weight is 1670 g/mol. The van der Waals surface area contributed by atoms with Crippen LogP contribution in [0.15, 0.2) is 122 Å². The molecule has 12 aliphatic rings. The number of carbonyl (C=O) groups excluding carboxylic acids is 8. The molecule has 0 bridgehead atoms. The molecule has 12 rings (SSSR count). The monoisotopic (exact) mass is 1670 g/mol. The number of hydrogen-bond donors (Lipinski definition) is 11. The van der Waals surface area contributed by atoms with E-state index in [0.717, 1.165) is 60.8 Å². The molecule has 0 spiro atoms. The van der Waals surface area contributed by atoms with Crippen LogP contribution < -0.4 is 0 Å². The summed E-state index contributed by atoms with van der Waals surface area (Å²) in [5, 5.41) is 97.5. The standard InChI is InChI=1S/C15H18O9.C15H16O9.3C11H14O6.C10H14O7.CH4/c2*1-8(16)2-4-12(19)23-9-6-21-15-10(7-22-14(9)15)24-13(20)5-3-11(17)18;1-6-4-15-11-7(5-16-10(6)11)17-9(14)3-2-8(12)13;2*1-6(12)2-3-9(14)17-8-5-16-10-7(13)4-15-11(8)10;11-5-3-15-10-6(4-16-9(5)10)17-8(14)2-1-7(12)13;/h3,5,9-10,14-16H,1-2,4,6-7H2,(H,17,18);2-5,9-10,14-16H,1,6-7H2,(H,17,18);2-3,6-7,10-11H,4-5H2,1H3,(H,12,13);2*2-3,7-8,10-13H,1,4-5H2;5-6,9-11H,1-4H2,(H,12,13);1H4/b5-3+;4-2-,5-3+;3-2+;2*3-2-;;/t2*9-,10-,14-,15-;6-,7-,10-,11-;2*7-,8-,10-,11-;5-,6-,9-,10-;/m111111./s1. The zero-order valence-electron chi connectivity index (χ0n) is 61.9. The van der Waals surface area contributed by atoms with E-state index in [2.05, 4.69) is 26.3 Å². The van der Waals surface area contributed by atoms with Crippen molar-refractivity contribution in [3.8, 4) is 0 Å². The summed E-state index contributed by atoms with van der Waals surface area (Å²) in [5.74, 6) is -10.7. The lowest BCUT2D eigenvalue weighted by Gasteiger charge is -2.17. The second-order valence-electron chi connectivity index (χ2n) is 26.6. The molecule has 117 heavy (non-hydrogen) atoms. The quantitative estimate of drug-likeness (QED) is 0.0161. The summed E-state index contributed by atoms with van der Waals surface area (Å²) in [6.07, 6.45) is -1.31. The molecule has 0 aromatic rings. The molecule has 0 radical (unpaired) electrons. The third-order valence-corrected chi connectivity index (χ3v) is 17.8. The number of aliphatic carboxylic acids is 4. The molecule has 12 heterocycles. The summed E-state index contributed by atoms with van der Waals surface area (Å²) in [4.78, 5) is 133. The second kappa shape index (κ2) is 46.5. The molecule has 12 fully saturated rings. The minimum absolute atomic E-state index is 0. The van der Waals surface area contributed by atoms with Gasteiger partial charge in [0, 0.05) is 67.0 Å². The van der Waals surface area contributed by atoms with Gasteiger partial charge >= 0.3 is 71.6 Å². The van der Waals surface area contributed by atoms with Gasteiger partial charge in [-0.15, -0.1) is 0 Å². The van der Waals surface area contributed by atoms with Gasteiger partial charge in [0.05, 0.1) is 110 Å².